The highest BCUT2D eigenvalue weighted by Crippen LogP contribution is 2.21. The zero-order valence-corrected chi connectivity index (χ0v) is 15.9. The number of anilines is 1. The zero-order valence-electron chi connectivity index (χ0n) is 15.9. The molecule has 1 fully saturated rings. The number of amides is 1. The van der Waals surface area contributed by atoms with Gasteiger partial charge in [0.25, 0.3) is 5.91 Å². The van der Waals surface area contributed by atoms with Gasteiger partial charge in [-0.15, -0.1) is 0 Å². The molecule has 6 heteroatoms. The van der Waals surface area contributed by atoms with Crippen LogP contribution in [0, 0.1) is 0 Å². The second-order valence-electron chi connectivity index (χ2n) is 7.17. The second-order valence-corrected chi connectivity index (χ2v) is 7.17. The van der Waals surface area contributed by atoms with Crippen LogP contribution in [0.4, 0.5) is 5.69 Å². The highest BCUT2D eigenvalue weighted by atomic mass is 16.5. The van der Waals surface area contributed by atoms with Crippen molar-refractivity contribution in [1.29, 1.82) is 0 Å². The number of benzene rings is 1. The lowest BCUT2D eigenvalue weighted by molar-refractivity contribution is 0.0793. The summed E-state index contributed by atoms with van der Waals surface area (Å²) >= 11 is 0. The molecule has 2 heterocycles. The maximum absolute atomic E-state index is 12.6. The van der Waals surface area contributed by atoms with E-state index in [1.165, 1.54) is 6.20 Å². The van der Waals surface area contributed by atoms with Crippen LogP contribution in [0.25, 0.3) is 0 Å². The van der Waals surface area contributed by atoms with Gasteiger partial charge in [0.2, 0.25) is 5.88 Å². The molecule has 2 aromatic rings. The summed E-state index contributed by atoms with van der Waals surface area (Å²) in [5, 5.41) is 12.7. The maximum Gasteiger partial charge on any atom is 0.257 e. The third kappa shape index (κ3) is 5.52. The van der Waals surface area contributed by atoms with Gasteiger partial charge in [-0.05, 0) is 44.4 Å². The van der Waals surface area contributed by atoms with Crippen molar-refractivity contribution in [1.82, 2.24) is 9.88 Å². The Bertz CT molecular complexity index is 754. The molecule has 0 radical (unpaired) electrons. The molecule has 0 atom stereocenters. The molecule has 1 amide bonds. The van der Waals surface area contributed by atoms with E-state index >= 15 is 0 Å². The molecule has 144 valence electrons. The number of rotatable bonds is 6. The molecule has 0 bridgehead atoms. The fourth-order valence-electron chi connectivity index (χ4n) is 3.12. The minimum absolute atomic E-state index is 0.0416. The minimum atomic E-state index is -0.194. The third-order valence-electron chi connectivity index (χ3n) is 4.57. The lowest BCUT2D eigenvalue weighted by atomic mass is 10.1. The van der Waals surface area contributed by atoms with Crippen molar-refractivity contribution in [2.75, 3.05) is 18.4 Å². The highest BCUT2D eigenvalue weighted by molar-refractivity contribution is 6.04. The van der Waals surface area contributed by atoms with E-state index in [-0.39, 0.29) is 18.1 Å². The van der Waals surface area contributed by atoms with Gasteiger partial charge in [-0.1, -0.05) is 18.2 Å². The van der Waals surface area contributed by atoms with Crippen LogP contribution in [0.5, 0.6) is 5.88 Å². The molecule has 6 nitrogen and oxygen atoms in total. The molecule has 27 heavy (non-hydrogen) atoms. The number of pyridine rings is 1. The molecule has 1 aromatic carbocycles. The molecular formula is C21H27N3O3. The molecule has 1 aliphatic rings. The summed E-state index contributed by atoms with van der Waals surface area (Å²) in [6.07, 6.45) is 2.98. The largest absolute Gasteiger partial charge is 0.475 e. The smallest absolute Gasteiger partial charge is 0.257 e. The van der Waals surface area contributed by atoms with Gasteiger partial charge < -0.3 is 15.2 Å². The molecule has 0 spiro atoms. The molecular weight excluding hydrogens is 342 g/mol. The van der Waals surface area contributed by atoms with E-state index < -0.39 is 0 Å². The van der Waals surface area contributed by atoms with Crippen molar-refractivity contribution >= 4 is 11.6 Å². The van der Waals surface area contributed by atoms with Gasteiger partial charge >= 0.3 is 0 Å². The fraction of sp³-hybridized carbons (Fsp3) is 0.429. The number of nitrogens with zero attached hydrogens (tertiary/aromatic N) is 2. The monoisotopic (exact) mass is 369 g/mol. The van der Waals surface area contributed by atoms with Crippen LogP contribution in [0.2, 0.25) is 0 Å². The number of para-hydroxylation sites is 1. The predicted octanol–water partition coefficient (Wildman–Crippen LogP) is 3.08. The number of aromatic nitrogens is 1. The summed E-state index contributed by atoms with van der Waals surface area (Å²) in [6, 6.07) is 11.3. The van der Waals surface area contributed by atoms with Crippen LogP contribution in [0.15, 0.2) is 42.6 Å². The first kappa shape index (κ1) is 19.3. The van der Waals surface area contributed by atoms with Gasteiger partial charge in [-0.25, -0.2) is 4.98 Å². The number of hydrogen-bond acceptors (Lipinski definition) is 5. The van der Waals surface area contributed by atoms with Gasteiger partial charge in [0, 0.05) is 37.6 Å². The molecule has 1 aliphatic heterocycles. The Morgan fingerprint density at radius 1 is 1.26 bits per heavy atom. The second kappa shape index (κ2) is 8.97. The third-order valence-corrected chi connectivity index (χ3v) is 4.57. The van der Waals surface area contributed by atoms with Gasteiger partial charge in [0.15, 0.2) is 0 Å². The SMILES string of the molecule is CC(C)Oc1ccc(C(=O)Nc2ccccc2CN2CCC(O)CC2)cn1. The molecule has 0 aliphatic carbocycles. The topological polar surface area (TPSA) is 74.7 Å². The lowest BCUT2D eigenvalue weighted by Gasteiger charge is -2.30. The Balaban J connectivity index is 1.65. The first-order valence-corrected chi connectivity index (χ1v) is 9.43. The number of hydrogen-bond donors (Lipinski definition) is 2. The van der Waals surface area contributed by atoms with Crippen LogP contribution in [-0.2, 0) is 6.54 Å². The van der Waals surface area contributed by atoms with E-state index in [4.69, 9.17) is 4.74 Å². The molecule has 1 aromatic heterocycles. The number of aliphatic hydroxyl groups excluding tert-OH is 1. The van der Waals surface area contributed by atoms with Gasteiger partial charge in [0.1, 0.15) is 0 Å². The molecule has 0 saturated carbocycles. The Morgan fingerprint density at radius 2 is 2.00 bits per heavy atom. The van der Waals surface area contributed by atoms with Gasteiger partial charge in [-0.2, -0.15) is 0 Å². The van der Waals surface area contributed by atoms with Crippen molar-refractivity contribution in [3.63, 3.8) is 0 Å². The minimum Gasteiger partial charge on any atom is -0.475 e. The number of piperidine rings is 1. The van der Waals surface area contributed by atoms with Crippen LogP contribution < -0.4 is 10.1 Å². The Hall–Kier alpha value is -2.44. The quantitative estimate of drug-likeness (QED) is 0.818. The Kier molecular flexibility index (Phi) is 6.42. The highest BCUT2D eigenvalue weighted by Gasteiger charge is 2.18. The van der Waals surface area contributed by atoms with Crippen LogP contribution >= 0.6 is 0 Å². The Morgan fingerprint density at radius 3 is 2.67 bits per heavy atom. The van der Waals surface area contributed by atoms with Crippen LogP contribution in [0.1, 0.15) is 42.6 Å². The average Bonchev–Trinajstić information content (AvgIpc) is 2.65. The maximum atomic E-state index is 12.6. The van der Waals surface area contributed by atoms with Crippen molar-refractivity contribution in [3.8, 4) is 5.88 Å². The number of carbonyl (C=O) groups excluding carboxylic acids is 1. The first-order chi connectivity index (χ1) is 13.0. The van der Waals surface area contributed by atoms with Crippen molar-refractivity contribution < 1.29 is 14.6 Å². The molecule has 3 rings (SSSR count). The van der Waals surface area contributed by atoms with Crippen molar-refractivity contribution in [2.45, 2.75) is 45.4 Å². The number of aliphatic hydroxyl groups is 1. The van der Waals surface area contributed by atoms with Crippen molar-refractivity contribution in [2.24, 2.45) is 0 Å². The van der Waals surface area contributed by atoms with E-state index in [9.17, 15) is 9.90 Å². The standard InChI is InChI=1S/C21H27N3O3/c1-15(2)27-20-8-7-16(13-22-20)21(26)23-19-6-4-3-5-17(19)14-24-11-9-18(25)10-12-24/h3-8,13,15,18,25H,9-12,14H2,1-2H3,(H,23,26). The van der Waals surface area contributed by atoms with E-state index in [1.807, 2.05) is 38.1 Å². The fourth-order valence-corrected chi connectivity index (χ4v) is 3.12. The van der Waals surface area contributed by atoms with Crippen LogP contribution in [0.3, 0.4) is 0 Å². The summed E-state index contributed by atoms with van der Waals surface area (Å²) in [6.45, 7) is 6.35. The summed E-state index contributed by atoms with van der Waals surface area (Å²) in [5.41, 5.74) is 2.35. The van der Waals surface area contributed by atoms with E-state index in [0.717, 1.165) is 43.7 Å². The molecule has 2 N–H and O–H groups in total. The first-order valence-electron chi connectivity index (χ1n) is 9.43. The predicted molar refractivity (Wildman–Crippen MR) is 105 cm³/mol. The molecule has 0 unspecified atom stereocenters. The Labute approximate surface area is 160 Å². The van der Waals surface area contributed by atoms with Crippen molar-refractivity contribution in [3.05, 3.63) is 53.7 Å². The van der Waals surface area contributed by atoms with E-state index in [2.05, 4.69) is 15.2 Å². The van der Waals surface area contributed by atoms with Crippen LogP contribution in [-0.4, -0.2) is 46.2 Å². The lowest BCUT2D eigenvalue weighted by Crippen LogP contribution is -2.35. The molecule has 1 saturated heterocycles. The zero-order chi connectivity index (χ0) is 19.2. The summed E-state index contributed by atoms with van der Waals surface area (Å²) in [4.78, 5) is 19.1. The van der Waals surface area contributed by atoms with E-state index in [1.54, 1.807) is 12.1 Å². The summed E-state index contributed by atoms with van der Waals surface area (Å²) in [5.74, 6) is 0.314. The van der Waals surface area contributed by atoms with Gasteiger partial charge in [-0.3, -0.25) is 9.69 Å². The number of ether oxygens (including phenoxy) is 1. The summed E-state index contributed by atoms with van der Waals surface area (Å²) < 4.78 is 5.51. The number of carbonyl (C=O) groups is 1. The number of likely N-dealkylation sites (tertiary alicyclic amines) is 1. The number of nitrogens with one attached hydrogen (secondary N) is 1. The van der Waals surface area contributed by atoms with E-state index in [0.29, 0.717) is 11.4 Å². The van der Waals surface area contributed by atoms with Gasteiger partial charge in [0.05, 0.1) is 17.8 Å². The average molecular weight is 369 g/mol. The normalized spacial score (nSPS) is 15.7. The summed E-state index contributed by atoms with van der Waals surface area (Å²) in [7, 11) is 0.